The molecule has 1 unspecified atom stereocenters. The molecule has 2 rings (SSSR count). The Labute approximate surface area is 108 Å². The molecule has 1 fully saturated rings. The van der Waals surface area contributed by atoms with E-state index < -0.39 is 10.0 Å². The number of nitrogens with one attached hydrogen (secondary N) is 1. The Morgan fingerprint density at radius 3 is 3.06 bits per heavy atom. The number of hydrogen-bond acceptors (Lipinski definition) is 4. The monoisotopic (exact) mass is 269 g/mol. The zero-order valence-electron chi connectivity index (χ0n) is 10.5. The van der Waals surface area contributed by atoms with Crippen molar-refractivity contribution in [2.45, 2.75) is 17.7 Å². The molecule has 1 N–H and O–H groups in total. The minimum Gasteiger partial charge on any atom is -0.306 e. The number of piperidine rings is 1. The van der Waals surface area contributed by atoms with E-state index in [1.807, 2.05) is 0 Å². The van der Waals surface area contributed by atoms with Gasteiger partial charge < -0.3 is 4.90 Å². The van der Waals surface area contributed by atoms with E-state index in [0.29, 0.717) is 12.5 Å². The Balaban J connectivity index is 1.93. The third-order valence-electron chi connectivity index (χ3n) is 3.23. The molecule has 0 radical (unpaired) electrons. The Bertz CT molecular complexity index is 475. The van der Waals surface area contributed by atoms with E-state index in [4.69, 9.17) is 0 Å². The highest BCUT2D eigenvalue weighted by Crippen LogP contribution is 2.15. The summed E-state index contributed by atoms with van der Waals surface area (Å²) in [5.41, 5.74) is 0. The van der Waals surface area contributed by atoms with Crippen LogP contribution < -0.4 is 4.72 Å². The number of rotatable bonds is 4. The van der Waals surface area contributed by atoms with Crippen LogP contribution in [-0.4, -0.2) is 45.0 Å². The molecule has 5 nitrogen and oxygen atoms in total. The third-order valence-corrected chi connectivity index (χ3v) is 4.64. The molecule has 100 valence electrons. The second-order valence-electron chi connectivity index (χ2n) is 4.81. The van der Waals surface area contributed by atoms with E-state index in [1.54, 1.807) is 18.3 Å². The average molecular weight is 269 g/mol. The summed E-state index contributed by atoms with van der Waals surface area (Å²) in [6, 6.07) is 3.19. The summed E-state index contributed by atoms with van der Waals surface area (Å²) in [4.78, 5) is 6.30. The number of sulfonamides is 1. The van der Waals surface area contributed by atoms with Gasteiger partial charge in [0.15, 0.2) is 0 Å². The molecule has 0 saturated carbocycles. The molecular formula is C12H19N3O2S. The molecule has 1 saturated heterocycles. The topological polar surface area (TPSA) is 62.3 Å². The molecular weight excluding hydrogens is 250 g/mol. The Kier molecular flexibility index (Phi) is 4.31. The first kappa shape index (κ1) is 13.5. The fourth-order valence-corrected chi connectivity index (χ4v) is 3.34. The molecule has 1 atom stereocenters. The zero-order chi connectivity index (χ0) is 13.0. The van der Waals surface area contributed by atoms with Crippen LogP contribution in [-0.2, 0) is 10.0 Å². The predicted octanol–water partition coefficient (Wildman–Crippen LogP) is 0.702. The van der Waals surface area contributed by atoms with Crippen LogP contribution in [0.5, 0.6) is 0 Å². The Morgan fingerprint density at radius 1 is 1.56 bits per heavy atom. The van der Waals surface area contributed by atoms with E-state index in [9.17, 15) is 8.42 Å². The van der Waals surface area contributed by atoms with Crippen molar-refractivity contribution in [2.24, 2.45) is 5.92 Å². The van der Waals surface area contributed by atoms with Gasteiger partial charge in [-0.05, 0) is 44.5 Å². The minimum atomic E-state index is -3.41. The van der Waals surface area contributed by atoms with E-state index >= 15 is 0 Å². The summed E-state index contributed by atoms with van der Waals surface area (Å²) >= 11 is 0. The van der Waals surface area contributed by atoms with Gasteiger partial charge >= 0.3 is 0 Å². The summed E-state index contributed by atoms with van der Waals surface area (Å²) in [7, 11) is -1.34. The summed E-state index contributed by atoms with van der Waals surface area (Å²) in [5, 5.41) is 0. The number of nitrogens with zero attached hydrogens (tertiary/aromatic N) is 2. The summed E-state index contributed by atoms with van der Waals surface area (Å²) in [5.74, 6) is 0.398. The second-order valence-corrected chi connectivity index (χ2v) is 6.58. The minimum absolute atomic E-state index is 0.231. The normalized spacial score (nSPS) is 21.9. The maximum Gasteiger partial charge on any atom is 0.242 e. The number of aromatic nitrogens is 1. The van der Waals surface area contributed by atoms with Gasteiger partial charge in [-0.15, -0.1) is 0 Å². The molecule has 0 bridgehead atoms. The highest BCUT2D eigenvalue weighted by atomic mass is 32.2. The fraction of sp³-hybridized carbons (Fsp3) is 0.583. The summed E-state index contributed by atoms with van der Waals surface area (Å²) in [6.45, 7) is 2.56. The number of pyridine rings is 1. The molecule has 2 heterocycles. The molecule has 0 amide bonds. The van der Waals surface area contributed by atoms with Crippen LogP contribution in [0.3, 0.4) is 0 Å². The summed E-state index contributed by atoms with van der Waals surface area (Å²) in [6.07, 6.45) is 5.15. The molecule has 18 heavy (non-hydrogen) atoms. The van der Waals surface area contributed by atoms with E-state index in [-0.39, 0.29) is 4.90 Å². The van der Waals surface area contributed by atoms with Gasteiger partial charge in [0.2, 0.25) is 10.0 Å². The first-order valence-corrected chi connectivity index (χ1v) is 7.64. The number of likely N-dealkylation sites (tertiary alicyclic amines) is 1. The van der Waals surface area contributed by atoms with Crippen LogP contribution in [0.15, 0.2) is 29.4 Å². The third kappa shape index (κ3) is 3.51. The fourth-order valence-electron chi connectivity index (χ4n) is 2.26. The highest BCUT2D eigenvalue weighted by Gasteiger charge is 2.20. The van der Waals surface area contributed by atoms with Gasteiger partial charge in [-0.25, -0.2) is 13.1 Å². The second kappa shape index (κ2) is 5.77. The van der Waals surface area contributed by atoms with E-state index in [0.717, 1.165) is 25.9 Å². The van der Waals surface area contributed by atoms with Crippen LogP contribution in [0.1, 0.15) is 12.8 Å². The van der Waals surface area contributed by atoms with Gasteiger partial charge in [-0.1, -0.05) is 0 Å². The van der Waals surface area contributed by atoms with Gasteiger partial charge in [-0.2, -0.15) is 0 Å². The van der Waals surface area contributed by atoms with Crippen LogP contribution in [0, 0.1) is 5.92 Å². The van der Waals surface area contributed by atoms with Crippen molar-refractivity contribution in [1.82, 2.24) is 14.6 Å². The molecule has 1 aromatic heterocycles. The Morgan fingerprint density at radius 2 is 2.39 bits per heavy atom. The maximum absolute atomic E-state index is 12.0. The first-order chi connectivity index (χ1) is 8.58. The van der Waals surface area contributed by atoms with E-state index in [1.165, 1.54) is 6.20 Å². The van der Waals surface area contributed by atoms with Crippen molar-refractivity contribution in [3.05, 3.63) is 24.5 Å². The first-order valence-electron chi connectivity index (χ1n) is 6.16. The largest absolute Gasteiger partial charge is 0.306 e. The lowest BCUT2D eigenvalue weighted by Gasteiger charge is -2.29. The van der Waals surface area contributed by atoms with Crippen LogP contribution >= 0.6 is 0 Å². The zero-order valence-corrected chi connectivity index (χ0v) is 11.4. The van der Waals surface area contributed by atoms with Gasteiger partial charge in [0, 0.05) is 25.5 Å². The quantitative estimate of drug-likeness (QED) is 0.874. The molecule has 1 aliphatic rings. The van der Waals surface area contributed by atoms with Gasteiger partial charge in [0.05, 0.1) is 0 Å². The van der Waals surface area contributed by atoms with Crippen LogP contribution in [0.25, 0.3) is 0 Å². The SMILES string of the molecule is CN1CCCC(CNS(=O)(=O)c2cccnc2)C1. The number of hydrogen-bond donors (Lipinski definition) is 1. The Hall–Kier alpha value is -0.980. The van der Waals surface area contributed by atoms with Crippen LogP contribution in [0.4, 0.5) is 0 Å². The maximum atomic E-state index is 12.0. The average Bonchev–Trinajstić information content (AvgIpc) is 2.38. The van der Waals surface area contributed by atoms with Crippen molar-refractivity contribution < 1.29 is 8.42 Å². The molecule has 0 spiro atoms. The molecule has 0 aliphatic carbocycles. The van der Waals surface area contributed by atoms with Gasteiger partial charge in [0.25, 0.3) is 0 Å². The molecule has 1 aromatic rings. The molecule has 1 aliphatic heterocycles. The van der Waals surface area contributed by atoms with Crippen LogP contribution in [0.2, 0.25) is 0 Å². The van der Waals surface area contributed by atoms with Crippen molar-refractivity contribution in [2.75, 3.05) is 26.7 Å². The van der Waals surface area contributed by atoms with E-state index in [2.05, 4.69) is 21.7 Å². The van der Waals surface area contributed by atoms with Gasteiger partial charge in [-0.3, -0.25) is 4.98 Å². The standard InChI is InChI=1S/C12H19N3O2S/c1-15-7-3-4-11(10-15)8-14-18(16,17)12-5-2-6-13-9-12/h2,5-6,9,11,14H,3-4,7-8,10H2,1H3. The van der Waals surface area contributed by atoms with Crippen molar-refractivity contribution in [3.8, 4) is 0 Å². The van der Waals surface area contributed by atoms with Gasteiger partial charge in [0.1, 0.15) is 4.90 Å². The summed E-state index contributed by atoms with van der Waals surface area (Å²) < 4.78 is 26.7. The molecule has 6 heteroatoms. The van der Waals surface area contributed by atoms with Crippen molar-refractivity contribution in [1.29, 1.82) is 0 Å². The lowest BCUT2D eigenvalue weighted by molar-refractivity contribution is 0.211. The molecule has 0 aromatic carbocycles. The highest BCUT2D eigenvalue weighted by molar-refractivity contribution is 7.89. The van der Waals surface area contributed by atoms with Crippen molar-refractivity contribution in [3.63, 3.8) is 0 Å². The lowest BCUT2D eigenvalue weighted by atomic mass is 9.99. The predicted molar refractivity (Wildman–Crippen MR) is 69.6 cm³/mol. The lowest BCUT2D eigenvalue weighted by Crippen LogP contribution is -2.39. The smallest absolute Gasteiger partial charge is 0.242 e. The van der Waals surface area contributed by atoms with Crippen molar-refractivity contribution >= 4 is 10.0 Å².